The molecule has 2 rings (SSSR count). The number of carbonyl (C=O) groups excluding carboxylic acids is 2. The fourth-order valence-electron chi connectivity index (χ4n) is 2.27. The Balaban J connectivity index is 1.70. The van der Waals surface area contributed by atoms with E-state index in [1.165, 1.54) is 6.42 Å². The van der Waals surface area contributed by atoms with Gasteiger partial charge in [0.2, 0.25) is 5.91 Å². The van der Waals surface area contributed by atoms with E-state index in [0.717, 1.165) is 25.9 Å². The van der Waals surface area contributed by atoms with E-state index in [9.17, 15) is 9.59 Å². The average Bonchev–Trinajstić information content (AvgIpc) is 2.48. The molecule has 1 fully saturated rings. The topological polar surface area (TPSA) is 61.4 Å². The highest BCUT2D eigenvalue weighted by Crippen LogP contribution is 2.14. The summed E-state index contributed by atoms with van der Waals surface area (Å²) in [6.07, 6.45) is 3.71. The molecule has 5 nitrogen and oxygen atoms in total. The number of hydrogen-bond acceptors (Lipinski definition) is 3. The first kappa shape index (κ1) is 15.8. The molecular formula is C15H20ClN3O2. The molecule has 0 aromatic heterocycles. The van der Waals surface area contributed by atoms with Crippen molar-refractivity contribution in [1.29, 1.82) is 0 Å². The lowest BCUT2D eigenvalue weighted by Crippen LogP contribution is -2.45. The van der Waals surface area contributed by atoms with Crippen LogP contribution < -0.4 is 10.7 Å². The van der Waals surface area contributed by atoms with E-state index in [1.54, 1.807) is 24.3 Å². The van der Waals surface area contributed by atoms with Gasteiger partial charge in [0.1, 0.15) is 0 Å². The molecule has 114 valence electrons. The fraction of sp³-hybridized carbons (Fsp3) is 0.467. The molecule has 21 heavy (non-hydrogen) atoms. The number of halogens is 1. The zero-order valence-electron chi connectivity index (χ0n) is 11.9. The maximum absolute atomic E-state index is 11.9. The molecule has 2 N–H and O–H groups in total. The third kappa shape index (κ3) is 5.02. The van der Waals surface area contributed by atoms with Crippen molar-refractivity contribution in [2.75, 3.05) is 19.6 Å². The molecular weight excluding hydrogens is 290 g/mol. The van der Waals surface area contributed by atoms with Crippen molar-refractivity contribution in [2.24, 2.45) is 0 Å². The van der Waals surface area contributed by atoms with E-state index in [-0.39, 0.29) is 18.2 Å². The van der Waals surface area contributed by atoms with Gasteiger partial charge in [-0.2, -0.15) is 0 Å². The summed E-state index contributed by atoms with van der Waals surface area (Å²) >= 11 is 5.94. The minimum absolute atomic E-state index is 0.0728. The third-order valence-corrected chi connectivity index (χ3v) is 3.72. The van der Waals surface area contributed by atoms with Crippen molar-refractivity contribution in [1.82, 2.24) is 15.8 Å². The van der Waals surface area contributed by atoms with Crippen molar-refractivity contribution in [3.63, 3.8) is 0 Å². The van der Waals surface area contributed by atoms with Gasteiger partial charge in [-0.15, -0.1) is 0 Å². The summed E-state index contributed by atoms with van der Waals surface area (Å²) in [6.45, 7) is 2.10. The summed E-state index contributed by atoms with van der Waals surface area (Å²) < 4.78 is 0. The van der Waals surface area contributed by atoms with Crippen molar-refractivity contribution in [2.45, 2.75) is 25.7 Å². The van der Waals surface area contributed by atoms with Crippen molar-refractivity contribution in [3.05, 3.63) is 34.9 Å². The summed E-state index contributed by atoms with van der Waals surface area (Å²) in [6, 6.07) is 6.85. The Morgan fingerprint density at radius 3 is 2.57 bits per heavy atom. The van der Waals surface area contributed by atoms with Gasteiger partial charge in [-0.3, -0.25) is 15.0 Å². The van der Waals surface area contributed by atoms with Gasteiger partial charge in [0.15, 0.2) is 0 Å². The van der Waals surface area contributed by atoms with Gasteiger partial charge < -0.3 is 5.32 Å². The first-order valence-electron chi connectivity index (χ1n) is 7.24. The second-order valence-corrected chi connectivity index (χ2v) is 5.48. The van der Waals surface area contributed by atoms with Gasteiger partial charge in [-0.1, -0.05) is 30.2 Å². The Bertz CT molecular complexity index is 501. The lowest BCUT2D eigenvalue weighted by atomic mass is 10.2. The van der Waals surface area contributed by atoms with Crippen LogP contribution in [0.15, 0.2) is 24.3 Å². The lowest BCUT2D eigenvalue weighted by Gasteiger charge is -2.26. The first-order valence-corrected chi connectivity index (χ1v) is 7.62. The molecule has 6 heteroatoms. The molecule has 0 saturated carbocycles. The molecule has 0 bridgehead atoms. The second kappa shape index (κ2) is 8.00. The fourth-order valence-corrected chi connectivity index (χ4v) is 2.49. The Hall–Kier alpha value is -1.59. The molecule has 0 radical (unpaired) electrons. The number of hydrogen-bond donors (Lipinski definition) is 2. The minimum atomic E-state index is -0.258. The molecule has 1 aliphatic heterocycles. The first-order chi connectivity index (χ1) is 10.2. The van der Waals surface area contributed by atoms with Crippen LogP contribution in [0.3, 0.4) is 0 Å². The molecule has 1 heterocycles. The third-order valence-electron chi connectivity index (χ3n) is 3.39. The van der Waals surface area contributed by atoms with E-state index >= 15 is 0 Å². The van der Waals surface area contributed by atoms with Crippen LogP contribution in [0.4, 0.5) is 0 Å². The molecule has 0 spiro atoms. The van der Waals surface area contributed by atoms with Gasteiger partial charge in [0.25, 0.3) is 5.91 Å². The summed E-state index contributed by atoms with van der Waals surface area (Å²) in [5.41, 5.74) is 3.29. The second-order valence-electron chi connectivity index (χ2n) is 5.07. The van der Waals surface area contributed by atoms with Gasteiger partial charge >= 0.3 is 0 Å². The Labute approximate surface area is 129 Å². The van der Waals surface area contributed by atoms with Crippen LogP contribution in [0.1, 0.15) is 36.0 Å². The molecule has 2 amide bonds. The van der Waals surface area contributed by atoms with Crippen molar-refractivity contribution < 1.29 is 9.59 Å². The van der Waals surface area contributed by atoms with Gasteiger partial charge in [0.05, 0.1) is 10.6 Å². The van der Waals surface area contributed by atoms with Gasteiger partial charge in [-0.05, 0) is 25.0 Å². The van der Waals surface area contributed by atoms with E-state index in [4.69, 9.17) is 11.6 Å². The zero-order chi connectivity index (χ0) is 15.1. The normalized spacial score (nSPS) is 15.5. The molecule has 0 aliphatic carbocycles. The number of piperidine rings is 1. The molecule has 1 saturated heterocycles. The lowest BCUT2D eigenvalue weighted by molar-refractivity contribution is -0.126. The number of amides is 2. The number of nitrogens with zero attached hydrogens (tertiary/aromatic N) is 1. The molecule has 0 atom stereocenters. The number of rotatable bonds is 5. The summed E-state index contributed by atoms with van der Waals surface area (Å²) in [7, 11) is 0. The Morgan fingerprint density at radius 1 is 1.14 bits per heavy atom. The van der Waals surface area contributed by atoms with Gasteiger partial charge in [0, 0.05) is 26.1 Å². The average molecular weight is 310 g/mol. The summed E-state index contributed by atoms with van der Waals surface area (Å²) in [4.78, 5) is 23.7. The van der Waals surface area contributed by atoms with Crippen molar-refractivity contribution >= 4 is 23.4 Å². The largest absolute Gasteiger partial charge is 0.351 e. The van der Waals surface area contributed by atoms with Crippen LogP contribution in [0.5, 0.6) is 0 Å². The zero-order valence-corrected chi connectivity index (χ0v) is 12.7. The highest BCUT2D eigenvalue weighted by molar-refractivity contribution is 6.33. The SMILES string of the molecule is O=C(CCNC(=O)c1ccccc1Cl)NN1CCCCC1. The van der Waals surface area contributed by atoms with Crippen molar-refractivity contribution in [3.8, 4) is 0 Å². The monoisotopic (exact) mass is 309 g/mol. The highest BCUT2D eigenvalue weighted by Gasteiger charge is 2.13. The van der Waals surface area contributed by atoms with Crippen LogP contribution >= 0.6 is 11.6 Å². The highest BCUT2D eigenvalue weighted by atomic mass is 35.5. The summed E-state index contributed by atoms with van der Waals surface area (Å²) in [5, 5.41) is 5.06. The van der Waals surface area contributed by atoms with E-state index in [1.807, 2.05) is 5.01 Å². The number of benzene rings is 1. The Kier molecular flexibility index (Phi) is 6.02. The predicted octanol–water partition coefficient (Wildman–Crippen LogP) is 1.98. The van der Waals surface area contributed by atoms with Crippen LogP contribution in [0.2, 0.25) is 5.02 Å². The van der Waals surface area contributed by atoms with Crippen LogP contribution in [0.25, 0.3) is 0 Å². The summed E-state index contributed by atoms with van der Waals surface area (Å²) in [5.74, 6) is -0.331. The Morgan fingerprint density at radius 2 is 1.86 bits per heavy atom. The minimum Gasteiger partial charge on any atom is -0.351 e. The van der Waals surface area contributed by atoms with Gasteiger partial charge in [-0.25, -0.2) is 5.01 Å². The van der Waals surface area contributed by atoms with E-state index in [0.29, 0.717) is 17.1 Å². The van der Waals surface area contributed by atoms with Crippen LogP contribution in [0, 0.1) is 0 Å². The standard InChI is InChI=1S/C15H20ClN3O2/c16-13-7-3-2-6-12(13)15(21)17-9-8-14(20)18-19-10-4-1-5-11-19/h2-3,6-7H,1,4-5,8-11H2,(H,17,21)(H,18,20). The maximum Gasteiger partial charge on any atom is 0.252 e. The predicted molar refractivity (Wildman–Crippen MR) is 82.0 cm³/mol. The van der Waals surface area contributed by atoms with Crippen LogP contribution in [-0.2, 0) is 4.79 Å². The number of nitrogens with one attached hydrogen (secondary N) is 2. The molecule has 1 aromatic carbocycles. The quantitative estimate of drug-likeness (QED) is 0.874. The number of carbonyl (C=O) groups is 2. The smallest absolute Gasteiger partial charge is 0.252 e. The maximum atomic E-state index is 11.9. The molecule has 0 unspecified atom stereocenters. The van der Waals surface area contributed by atoms with E-state index < -0.39 is 0 Å². The molecule has 1 aliphatic rings. The number of hydrazine groups is 1. The molecule has 1 aromatic rings. The van der Waals surface area contributed by atoms with E-state index in [2.05, 4.69) is 10.7 Å². The van der Waals surface area contributed by atoms with Crippen LogP contribution in [-0.4, -0.2) is 36.5 Å².